The van der Waals surface area contributed by atoms with Crippen LogP contribution in [0.1, 0.15) is 36.0 Å². The van der Waals surface area contributed by atoms with Crippen LogP contribution in [-0.2, 0) is 4.74 Å². The highest BCUT2D eigenvalue weighted by Gasteiger charge is 2.62. The van der Waals surface area contributed by atoms with Crippen LogP contribution < -0.4 is 0 Å². The van der Waals surface area contributed by atoms with Crippen LogP contribution in [-0.4, -0.2) is 22.6 Å². The van der Waals surface area contributed by atoms with Gasteiger partial charge in [-0.25, -0.2) is 0 Å². The first-order chi connectivity index (χ1) is 9.21. The molecular weight excluding hydrogens is 244 g/mol. The highest BCUT2D eigenvalue weighted by Crippen LogP contribution is 2.50. The zero-order chi connectivity index (χ0) is 13.0. The van der Waals surface area contributed by atoms with Crippen molar-refractivity contribution in [3.8, 4) is 5.75 Å². The minimum absolute atomic E-state index is 0.00144. The number of hydrogen-bond acceptors (Lipinski definition) is 4. The van der Waals surface area contributed by atoms with E-state index in [1.54, 1.807) is 18.2 Å². The van der Waals surface area contributed by atoms with Crippen molar-refractivity contribution in [1.29, 1.82) is 0 Å². The fourth-order valence-corrected chi connectivity index (χ4v) is 3.18. The van der Waals surface area contributed by atoms with Gasteiger partial charge >= 0.3 is 0 Å². The van der Waals surface area contributed by atoms with Crippen LogP contribution in [0.5, 0.6) is 5.75 Å². The highest BCUT2D eigenvalue weighted by atomic mass is 16.6. The molecule has 1 saturated heterocycles. The number of phenols is 1. The zero-order valence-corrected chi connectivity index (χ0v) is 10.4. The predicted molar refractivity (Wildman–Crippen MR) is 68.3 cm³/mol. The molecule has 1 aliphatic heterocycles. The van der Waals surface area contributed by atoms with Gasteiger partial charge in [-0.1, -0.05) is 6.42 Å². The molecule has 2 atom stereocenters. The number of rotatable bonds is 2. The Morgan fingerprint density at radius 3 is 3.11 bits per heavy atom. The quantitative estimate of drug-likeness (QED) is 0.664. The van der Waals surface area contributed by atoms with E-state index in [4.69, 9.17) is 9.15 Å². The van der Waals surface area contributed by atoms with Crippen LogP contribution in [0.2, 0.25) is 0 Å². The van der Waals surface area contributed by atoms with Crippen LogP contribution in [0.25, 0.3) is 11.0 Å². The standard InChI is InChI=1S/C15H14O4/c16-9-4-5-12-10(7-9)11(8-18-12)14(17)15-6-2-1-3-13(15)19-15/h4-5,7-8,13,16H,1-3,6H2. The highest BCUT2D eigenvalue weighted by molar-refractivity contribution is 6.13. The second-order valence-electron chi connectivity index (χ2n) is 5.40. The Kier molecular flexibility index (Phi) is 2.10. The van der Waals surface area contributed by atoms with Gasteiger partial charge in [0, 0.05) is 5.39 Å². The molecule has 98 valence electrons. The summed E-state index contributed by atoms with van der Waals surface area (Å²) in [7, 11) is 0. The van der Waals surface area contributed by atoms with Crippen molar-refractivity contribution >= 4 is 16.8 Å². The smallest absolute Gasteiger partial charge is 0.201 e. The van der Waals surface area contributed by atoms with E-state index in [-0.39, 0.29) is 17.6 Å². The Balaban J connectivity index is 1.78. The second kappa shape index (κ2) is 3.61. The fraction of sp³-hybridized carbons (Fsp3) is 0.400. The average molecular weight is 258 g/mol. The number of carbonyl (C=O) groups excluding carboxylic acids is 1. The van der Waals surface area contributed by atoms with Gasteiger partial charge < -0.3 is 14.3 Å². The van der Waals surface area contributed by atoms with Gasteiger partial charge in [0.1, 0.15) is 17.6 Å². The normalized spacial score (nSPS) is 29.2. The topological polar surface area (TPSA) is 63.0 Å². The first kappa shape index (κ1) is 11.1. The maximum atomic E-state index is 12.7. The van der Waals surface area contributed by atoms with Crippen molar-refractivity contribution in [2.45, 2.75) is 37.4 Å². The van der Waals surface area contributed by atoms with Gasteiger partial charge in [-0.15, -0.1) is 0 Å². The van der Waals surface area contributed by atoms with E-state index in [0.29, 0.717) is 16.5 Å². The molecule has 2 unspecified atom stereocenters. The van der Waals surface area contributed by atoms with E-state index in [9.17, 15) is 9.90 Å². The Hall–Kier alpha value is -1.81. The van der Waals surface area contributed by atoms with E-state index in [2.05, 4.69) is 0 Å². The molecule has 1 N–H and O–H groups in total. The SMILES string of the molecule is O=C(c1coc2ccc(O)cc12)C12CCCCC1O2. The van der Waals surface area contributed by atoms with Gasteiger partial charge in [-0.05, 0) is 37.5 Å². The molecule has 2 aliphatic rings. The van der Waals surface area contributed by atoms with Crippen molar-refractivity contribution in [3.63, 3.8) is 0 Å². The minimum atomic E-state index is -0.611. The summed E-state index contributed by atoms with van der Waals surface area (Å²) in [5.74, 6) is 0.138. The summed E-state index contributed by atoms with van der Waals surface area (Å²) in [5, 5.41) is 10.2. The molecule has 1 aromatic carbocycles. The number of furan rings is 1. The Morgan fingerprint density at radius 2 is 2.26 bits per heavy atom. The largest absolute Gasteiger partial charge is 0.508 e. The average Bonchev–Trinajstić information content (AvgIpc) is 3.04. The van der Waals surface area contributed by atoms with Crippen molar-refractivity contribution in [2.75, 3.05) is 0 Å². The lowest BCUT2D eigenvalue weighted by molar-refractivity contribution is 0.0861. The van der Waals surface area contributed by atoms with Crippen LogP contribution in [0, 0.1) is 0 Å². The lowest BCUT2D eigenvalue weighted by atomic mass is 9.83. The summed E-state index contributed by atoms with van der Waals surface area (Å²) < 4.78 is 11.1. The molecule has 0 spiro atoms. The van der Waals surface area contributed by atoms with E-state index < -0.39 is 5.60 Å². The van der Waals surface area contributed by atoms with Gasteiger partial charge in [0.2, 0.25) is 5.78 Å². The summed E-state index contributed by atoms with van der Waals surface area (Å²) in [6, 6.07) is 4.80. The monoisotopic (exact) mass is 258 g/mol. The molecule has 1 aromatic heterocycles. The maximum absolute atomic E-state index is 12.7. The molecule has 0 radical (unpaired) electrons. The third-order valence-corrected chi connectivity index (χ3v) is 4.27. The second-order valence-corrected chi connectivity index (χ2v) is 5.40. The summed E-state index contributed by atoms with van der Waals surface area (Å²) >= 11 is 0. The number of Topliss-reactive ketones (excluding diaryl/α,β-unsaturated/α-hetero) is 1. The van der Waals surface area contributed by atoms with Crippen molar-refractivity contribution in [1.82, 2.24) is 0 Å². The lowest BCUT2D eigenvalue weighted by Gasteiger charge is -2.15. The number of carbonyl (C=O) groups is 1. The number of epoxide rings is 1. The number of benzene rings is 1. The van der Waals surface area contributed by atoms with Crippen molar-refractivity contribution in [2.24, 2.45) is 0 Å². The number of hydrogen-bond donors (Lipinski definition) is 1. The molecule has 2 aromatic rings. The Labute approximate surface area is 110 Å². The first-order valence-electron chi connectivity index (χ1n) is 6.63. The third-order valence-electron chi connectivity index (χ3n) is 4.27. The van der Waals surface area contributed by atoms with E-state index in [1.165, 1.54) is 6.26 Å². The molecular formula is C15H14O4. The Morgan fingerprint density at radius 1 is 1.37 bits per heavy atom. The number of phenolic OH excluding ortho intramolecular Hbond substituents is 1. The van der Waals surface area contributed by atoms with Gasteiger partial charge in [0.05, 0.1) is 11.7 Å². The number of ether oxygens (including phenoxy) is 1. The molecule has 4 heteroatoms. The van der Waals surface area contributed by atoms with Crippen LogP contribution in [0.4, 0.5) is 0 Å². The summed E-state index contributed by atoms with van der Waals surface area (Å²) in [6.07, 6.45) is 5.48. The van der Waals surface area contributed by atoms with Gasteiger partial charge in [-0.2, -0.15) is 0 Å². The first-order valence-corrected chi connectivity index (χ1v) is 6.63. The van der Waals surface area contributed by atoms with Crippen LogP contribution in [0.3, 0.4) is 0 Å². The van der Waals surface area contributed by atoms with Crippen LogP contribution in [0.15, 0.2) is 28.9 Å². The van der Waals surface area contributed by atoms with Gasteiger partial charge in [0.25, 0.3) is 0 Å². The van der Waals surface area contributed by atoms with Crippen LogP contribution >= 0.6 is 0 Å². The van der Waals surface area contributed by atoms with Crippen molar-refractivity contribution in [3.05, 3.63) is 30.0 Å². The summed E-state index contributed by atoms with van der Waals surface area (Å²) in [6.45, 7) is 0. The molecule has 0 amide bonds. The molecule has 4 nitrogen and oxygen atoms in total. The Bertz CT molecular complexity index is 672. The van der Waals surface area contributed by atoms with Crippen molar-refractivity contribution < 1.29 is 19.1 Å². The number of aromatic hydroxyl groups is 1. The minimum Gasteiger partial charge on any atom is -0.508 e. The predicted octanol–water partition coefficient (Wildman–Crippen LogP) is 3.03. The molecule has 1 saturated carbocycles. The third kappa shape index (κ3) is 1.46. The maximum Gasteiger partial charge on any atom is 0.201 e. The van der Waals surface area contributed by atoms with E-state index >= 15 is 0 Å². The molecule has 4 rings (SSSR count). The molecule has 1 aliphatic carbocycles. The summed E-state index contributed by atoms with van der Waals surface area (Å²) in [5.41, 5.74) is 0.529. The van der Waals surface area contributed by atoms with E-state index in [1.807, 2.05) is 0 Å². The molecule has 0 bridgehead atoms. The van der Waals surface area contributed by atoms with Gasteiger partial charge in [0.15, 0.2) is 5.60 Å². The molecule has 19 heavy (non-hydrogen) atoms. The lowest BCUT2D eigenvalue weighted by Crippen LogP contribution is -2.29. The fourth-order valence-electron chi connectivity index (χ4n) is 3.18. The van der Waals surface area contributed by atoms with Gasteiger partial charge in [-0.3, -0.25) is 4.79 Å². The summed E-state index contributed by atoms with van der Waals surface area (Å²) in [4.78, 5) is 12.7. The number of fused-ring (bicyclic) bond motifs is 2. The molecule has 2 heterocycles. The number of ketones is 1. The zero-order valence-electron chi connectivity index (χ0n) is 10.4. The molecule has 2 fully saturated rings. The van der Waals surface area contributed by atoms with E-state index in [0.717, 1.165) is 25.7 Å².